The molecule has 0 spiro atoms. The number of carbonyl (C=O) groups is 1. The highest BCUT2D eigenvalue weighted by molar-refractivity contribution is 9.10. The summed E-state index contributed by atoms with van der Waals surface area (Å²) >= 11 is 12.8. The average Bonchev–Trinajstić information content (AvgIpc) is 2.26. The van der Waals surface area contributed by atoms with Crippen molar-refractivity contribution in [1.82, 2.24) is 0 Å². The molecule has 5 heteroatoms. The van der Waals surface area contributed by atoms with Gasteiger partial charge in [-0.05, 0) is 47.0 Å². The Kier molecular flexibility index (Phi) is 3.93. The van der Waals surface area contributed by atoms with Crippen LogP contribution in [0.25, 0.3) is 0 Å². The van der Waals surface area contributed by atoms with Gasteiger partial charge >= 0.3 is 0 Å². The predicted molar refractivity (Wildman–Crippen MR) is 73.5 cm³/mol. The topological polar surface area (TPSA) is 20.3 Å². The second-order valence-corrected chi connectivity index (χ2v) is 6.09. The van der Waals surface area contributed by atoms with E-state index in [1.54, 1.807) is 11.0 Å². The summed E-state index contributed by atoms with van der Waals surface area (Å²) in [5.74, 6) is 0.106. The maximum Gasteiger partial charge on any atom is 0.240 e. The summed E-state index contributed by atoms with van der Waals surface area (Å²) in [4.78, 5) is 13.7. The quantitative estimate of drug-likeness (QED) is 0.687. The van der Waals surface area contributed by atoms with Crippen LogP contribution in [-0.4, -0.2) is 17.3 Å². The Morgan fingerprint density at radius 2 is 2.19 bits per heavy atom. The van der Waals surface area contributed by atoms with Gasteiger partial charge in [0.2, 0.25) is 5.91 Å². The number of hydrogen-bond acceptors (Lipinski definition) is 1. The van der Waals surface area contributed by atoms with E-state index in [1.807, 2.05) is 12.1 Å². The van der Waals surface area contributed by atoms with Crippen molar-refractivity contribution >= 4 is 55.1 Å². The zero-order valence-electron chi connectivity index (χ0n) is 8.42. The maximum atomic E-state index is 12.0. The number of hydrogen-bond donors (Lipinski definition) is 0. The van der Waals surface area contributed by atoms with Crippen molar-refractivity contribution in [3.8, 4) is 0 Å². The first-order valence-electron chi connectivity index (χ1n) is 5.00. The van der Waals surface area contributed by atoms with Crippen LogP contribution >= 0.6 is 43.5 Å². The lowest BCUT2D eigenvalue weighted by molar-refractivity contribution is -0.118. The van der Waals surface area contributed by atoms with E-state index in [2.05, 4.69) is 31.9 Å². The summed E-state index contributed by atoms with van der Waals surface area (Å²) in [7, 11) is 0. The average molecular weight is 367 g/mol. The molecule has 2 rings (SSSR count). The molecule has 0 aliphatic carbocycles. The normalized spacial score (nSPS) is 21.3. The minimum absolute atomic E-state index is 0.0767. The summed E-state index contributed by atoms with van der Waals surface area (Å²) in [6.45, 7) is 0.750. The van der Waals surface area contributed by atoms with Crippen LogP contribution in [0, 0.1) is 0 Å². The van der Waals surface area contributed by atoms with Crippen LogP contribution in [0.1, 0.15) is 12.8 Å². The van der Waals surface area contributed by atoms with E-state index in [0.717, 1.165) is 29.5 Å². The van der Waals surface area contributed by atoms with Crippen molar-refractivity contribution in [2.24, 2.45) is 0 Å². The number of halogens is 3. The van der Waals surface area contributed by atoms with Gasteiger partial charge in [-0.3, -0.25) is 4.79 Å². The second kappa shape index (κ2) is 5.07. The lowest BCUT2D eigenvalue weighted by atomic mass is 10.1. The molecule has 2 nitrogen and oxygen atoms in total. The molecule has 0 N–H and O–H groups in total. The van der Waals surface area contributed by atoms with E-state index >= 15 is 0 Å². The third kappa shape index (κ3) is 2.44. The van der Waals surface area contributed by atoms with Gasteiger partial charge in [0, 0.05) is 16.0 Å². The molecule has 0 bridgehead atoms. The maximum absolute atomic E-state index is 12.0. The molecule has 1 atom stereocenters. The van der Waals surface area contributed by atoms with Crippen molar-refractivity contribution in [3.63, 3.8) is 0 Å². The van der Waals surface area contributed by atoms with Gasteiger partial charge in [-0.1, -0.05) is 27.5 Å². The Morgan fingerprint density at radius 1 is 1.44 bits per heavy atom. The molecule has 1 fully saturated rings. The van der Waals surface area contributed by atoms with Crippen molar-refractivity contribution in [3.05, 3.63) is 27.7 Å². The lowest BCUT2D eigenvalue weighted by Crippen LogP contribution is -2.41. The van der Waals surface area contributed by atoms with Gasteiger partial charge in [-0.2, -0.15) is 0 Å². The molecule has 86 valence electrons. The Balaban J connectivity index is 2.35. The molecule has 16 heavy (non-hydrogen) atoms. The van der Waals surface area contributed by atoms with E-state index in [0.29, 0.717) is 5.02 Å². The number of anilines is 1. The zero-order chi connectivity index (χ0) is 11.7. The molecular weight excluding hydrogens is 357 g/mol. The Labute approximate surface area is 116 Å². The molecule has 1 heterocycles. The van der Waals surface area contributed by atoms with Crippen LogP contribution in [0.4, 0.5) is 5.69 Å². The fraction of sp³-hybridized carbons (Fsp3) is 0.364. The number of carbonyl (C=O) groups excluding carboxylic acids is 1. The van der Waals surface area contributed by atoms with Gasteiger partial charge in [0.1, 0.15) is 0 Å². The summed E-state index contributed by atoms with van der Waals surface area (Å²) < 4.78 is 0.895. The van der Waals surface area contributed by atoms with Crippen LogP contribution < -0.4 is 4.90 Å². The van der Waals surface area contributed by atoms with Crippen LogP contribution in [-0.2, 0) is 4.79 Å². The second-order valence-electron chi connectivity index (χ2n) is 3.70. The number of amides is 1. The minimum Gasteiger partial charge on any atom is -0.310 e. The largest absolute Gasteiger partial charge is 0.310 e. The van der Waals surface area contributed by atoms with Gasteiger partial charge in [-0.25, -0.2) is 0 Å². The third-order valence-electron chi connectivity index (χ3n) is 2.57. The van der Waals surface area contributed by atoms with Crippen LogP contribution in [0.15, 0.2) is 22.7 Å². The molecule has 0 radical (unpaired) electrons. The smallest absolute Gasteiger partial charge is 0.240 e. The van der Waals surface area contributed by atoms with Gasteiger partial charge in [0.05, 0.1) is 10.5 Å². The van der Waals surface area contributed by atoms with Crippen molar-refractivity contribution in [2.75, 3.05) is 11.4 Å². The Bertz CT molecular complexity index is 424. The van der Waals surface area contributed by atoms with E-state index < -0.39 is 0 Å². The highest BCUT2D eigenvalue weighted by atomic mass is 79.9. The standard InChI is InChI=1S/C11H10Br2ClNO/c12-8-4-3-7(14)6-10(8)15-5-1-2-9(13)11(15)16/h3-4,6,9H,1-2,5H2. The molecular formula is C11H10Br2ClNO. The van der Waals surface area contributed by atoms with Gasteiger partial charge in [-0.15, -0.1) is 0 Å². The molecule has 1 amide bonds. The fourth-order valence-electron chi connectivity index (χ4n) is 1.76. The molecule has 1 aromatic rings. The highest BCUT2D eigenvalue weighted by Gasteiger charge is 2.28. The number of alkyl halides is 1. The molecule has 0 saturated carbocycles. The summed E-state index contributed by atoms with van der Waals surface area (Å²) in [5, 5.41) is 0.641. The molecule has 0 aromatic heterocycles. The van der Waals surface area contributed by atoms with Crippen LogP contribution in [0.3, 0.4) is 0 Å². The molecule has 1 unspecified atom stereocenters. The van der Waals surface area contributed by atoms with E-state index in [4.69, 9.17) is 11.6 Å². The van der Waals surface area contributed by atoms with Crippen molar-refractivity contribution in [1.29, 1.82) is 0 Å². The number of benzene rings is 1. The third-order valence-corrected chi connectivity index (χ3v) is 4.33. The Morgan fingerprint density at radius 3 is 2.94 bits per heavy atom. The number of nitrogens with zero attached hydrogens (tertiary/aromatic N) is 1. The summed E-state index contributed by atoms with van der Waals surface area (Å²) in [6, 6.07) is 5.48. The highest BCUT2D eigenvalue weighted by Crippen LogP contribution is 2.32. The van der Waals surface area contributed by atoms with Crippen molar-refractivity contribution < 1.29 is 4.79 Å². The molecule has 1 aromatic carbocycles. The van der Waals surface area contributed by atoms with E-state index in [-0.39, 0.29) is 10.7 Å². The van der Waals surface area contributed by atoms with Gasteiger partial charge < -0.3 is 4.90 Å². The predicted octanol–water partition coefficient (Wildman–Crippen LogP) is 3.99. The molecule has 1 aliphatic heterocycles. The molecule has 1 saturated heterocycles. The first-order valence-corrected chi connectivity index (χ1v) is 7.09. The lowest BCUT2D eigenvalue weighted by Gasteiger charge is -2.30. The number of piperidine rings is 1. The van der Waals surface area contributed by atoms with Crippen molar-refractivity contribution in [2.45, 2.75) is 17.7 Å². The first kappa shape index (κ1) is 12.4. The molecule has 1 aliphatic rings. The summed E-state index contributed by atoms with van der Waals surface area (Å²) in [6.07, 6.45) is 1.90. The Hall–Kier alpha value is -0.0600. The number of rotatable bonds is 1. The minimum atomic E-state index is -0.0767. The summed E-state index contributed by atoms with van der Waals surface area (Å²) in [5.41, 5.74) is 0.849. The van der Waals surface area contributed by atoms with Crippen LogP contribution in [0.5, 0.6) is 0 Å². The van der Waals surface area contributed by atoms with Crippen LogP contribution in [0.2, 0.25) is 5.02 Å². The van der Waals surface area contributed by atoms with Gasteiger partial charge in [0.15, 0.2) is 0 Å². The van der Waals surface area contributed by atoms with E-state index in [9.17, 15) is 4.79 Å². The van der Waals surface area contributed by atoms with E-state index in [1.165, 1.54) is 0 Å². The fourth-order valence-corrected chi connectivity index (χ4v) is 2.96. The monoisotopic (exact) mass is 365 g/mol. The first-order chi connectivity index (χ1) is 7.59. The SMILES string of the molecule is O=C1C(Br)CCCN1c1cc(Cl)ccc1Br. The zero-order valence-corrected chi connectivity index (χ0v) is 12.3. The van der Waals surface area contributed by atoms with Gasteiger partial charge in [0.25, 0.3) is 0 Å².